The molecule has 18 heavy (non-hydrogen) atoms. The van der Waals surface area contributed by atoms with Crippen LogP contribution in [-0.2, 0) is 6.54 Å². The van der Waals surface area contributed by atoms with Crippen LogP contribution in [0.4, 0.5) is 5.82 Å². The summed E-state index contributed by atoms with van der Waals surface area (Å²) in [6, 6.07) is 4.93. The van der Waals surface area contributed by atoms with Crippen molar-refractivity contribution in [2.75, 3.05) is 31.6 Å². The Morgan fingerprint density at radius 3 is 2.56 bits per heavy atom. The number of hydrogen-bond acceptors (Lipinski definition) is 5. The van der Waals surface area contributed by atoms with E-state index in [2.05, 4.69) is 26.3 Å². The van der Waals surface area contributed by atoms with Crippen molar-refractivity contribution in [3.8, 4) is 0 Å². The smallest absolute Gasteiger partial charge is 0.139 e. The third-order valence-electron chi connectivity index (χ3n) is 3.85. The first-order valence-corrected chi connectivity index (χ1v) is 6.73. The highest BCUT2D eigenvalue weighted by Gasteiger charge is 2.30. The molecular weight excluding hydrogens is 226 g/mol. The van der Waals surface area contributed by atoms with Crippen LogP contribution in [0.2, 0.25) is 0 Å². The molecule has 98 valence electrons. The third-order valence-corrected chi connectivity index (χ3v) is 3.85. The lowest BCUT2D eigenvalue weighted by Gasteiger charge is -2.34. The fraction of sp³-hybridized carbons (Fsp3) is 0.615. The molecule has 1 saturated heterocycles. The van der Waals surface area contributed by atoms with E-state index in [1.165, 1.54) is 44.6 Å². The number of rotatable bonds is 4. The topological polar surface area (TPSA) is 57.4 Å². The number of nitrogens with one attached hydrogen (secondary N) is 1. The van der Waals surface area contributed by atoms with Crippen LogP contribution in [0.3, 0.4) is 0 Å². The highest BCUT2D eigenvalue weighted by Crippen LogP contribution is 2.27. The van der Waals surface area contributed by atoms with Crippen molar-refractivity contribution in [2.45, 2.75) is 25.4 Å². The average molecular weight is 247 g/mol. The molecule has 0 aromatic carbocycles. The summed E-state index contributed by atoms with van der Waals surface area (Å²) in [4.78, 5) is 9.38. The molecule has 1 aromatic heterocycles. The van der Waals surface area contributed by atoms with E-state index in [-0.39, 0.29) is 0 Å². The molecule has 3 rings (SSSR count). The summed E-state index contributed by atoms with van der Waals surface area (Å²) in [6.45, 7) is 5.79. The molecule has 5 nitrogen and oxygen atoms in total. The van der Waals surface area contributed by atoms with E-state index >= 15 is 0 Å². The van der Waals surface area contributed by atoms with Gasteiger partial charge >= 0.3 is 0 Å². The van der Waals surface area contributed by atoms with Gasteiger partial charge in [0.1, 0.15) is 5.82 Å². The molecule has 0 amide bonds. The fourth-order valence-corrected chi connectivity index (χ4v) is 2.59. The van der Waals surface area contributed by atoms with Gasteiger partial charge in [0, 0.05) is 45.0 Å². The predicted molar refractivity (Wildman–Crippen MR) is 71.9 cm³/mol. The lowest BCUT2D eigenvalue weighted by molar-refractivity contribution is 0.121. The summed E-state index contributed by atoms with van der Waals surface area (Å²) in [5, 5.41) is 0. The monoisotopic (exact) mass is 247 g/mol. The summed E-state index contributed by atoms with van der Waals surface area (Å²) in [6.07, 6.45) is 4.73. The van der Waals surface area contributed by atoms with Crippen LogP contribution in [-0.4, -0.2) is 47.0 Å². The van der Waals surface area contributed by atoms with Gasteiger partial charge in [0.15, 0.2) is 0 Å². The van der Waals surface area contributed by atoms with Crippen molar-refractivity contribution < 1.29 is 0 Å². The minimum absolute atomic E-state index is 0.720. The number of nitrogens with two attached hydrogens (primary N) is 1. The molecule has 1 aliphatic carbocycles. The van der Waals surface area contributed by atoms with Gasteiger partial charge in [0.2, 0.25) is 0 Å². The van der Waals surface area contributed by atoms with Gasteiger partial charge in [-0.15, -0.1) is 0 Å². The number of hydrogen-bond donors (Lipinski definition) is 2. The van der Waals surface area contributed by atoms with Crippen molar-refractivity contribution in [2.24, 2.45) is 5.84 Å². The number of nitrogen functional groups attached to an aromatic ring is 1. The molecule has 0 bridgehead atoms. The van der Waals surface area contributed by atoms with Crippen LogP contribution in [0, 0.1) is 0 Å². The van der Waals surface area contributed by atoms with Gasteiger partial charge in [-0.2, -0.15) is 0 Å². The quantitative estimate of drug-likeness (QED) is 0.604. The maximum Gasteiger partial charge on any atom is 0.139 e. The minimum Gasteiger partial charge on any atom is -0.308 e. The molecule has 2 fully saturated rings. The lowest BCUT2D eigenvalue weighted by Crippen LogP contribution is -2.46. The highest BCUT2D eigenvalue weighted by molar-refractivity contribution is 5.33. The SMILES string of the molecule is NNc1ccc(CN2CCN(C3CC3)CC2)cn1. The van der Waals surface area contributed by atoms with Gasteiger partial charge in [-0.25, -0.2) is 10.8 Å². The van der Waals surface area contributed by atoms with Crippen molar-refractivity contribution in [3.05, 3.63) is 23.9 Å². The van der Waals surface area contributed by atoms with Gasteiger partial charge in [-0.05, 0) is 24.5 Å². The van der Waals surface area contributed by atoms with E-state index in [4.69, 9.17) is 5.84 Å². The van der Waals surface area contributed by atoms with Crippen LogP contribution in [0.25, 0.3) is 0 Å². The van der Waals surface area contributed by atoms with Crippen LogP contribution in [0.1, 0.15) is 18.4 Å². The molecular formula is C13H21N5. The van der Waals surface area contributed by atoms with Crippen LogP contribution < -0.4 is 11.3 Å². The van der Waals surface area contributed by atoms with E-state index < -0.39 is 0 Å². The Labute approximate surface area is 108 Å². The fourth-order valence-electron chi connectivity index (χ4n) is 2.59. The Kier molecular flexibility index (Phi) is 3.45. The molecule has 0 atom stereocenters. The molecule has 2 aliphatic rings. The van der Waals surface area contributed by atoms with E-state index in [9.17, 15) is 0 Å². The van der Waals surface area contributed by atoms with Crippen LogP contribution in [0.5, 0.6) is 0 Å². The van der Waals surface area contributed by atoms with Crippen LogP contribution >= 0.6 is 0 Å². The second-order valence-corrected chi connectivity index (χ2v) is 5.24. The molecule has 0 spiro atoms. The summed E-state index contributed by atoms with van der Waals surface area (Å²) in [5.74, 6) is 6.02. The normalized spacial score (nSPS) is 22.1. The molecule has 1 aromatic rings. The van der Waals surface area contributed by atoms with Gasteiger partial charge in [0.05, 0.1) is 0 Å². The van der Waals surface area contributed by atoms with E-state index in [1.807, 2.05) is 12.3 Å². The molecule has 5 heteroatoms. The number of hydrazine groups is 1. The van der Waals surface area contributed by atoms with E-state index in [1.54, 1.807) is 0 Å². The van der Waals surface area contributed by atoms with Crippen molar-refractivity contribution in [3.63, 3.8) is 0 Å². The maximum absolute atomic E-state index is 5.31. The lowest BCUT2D eigenvalue weighted by atomic mass is 10.2. The zero-order chi connectivity index (χ0) is 12.4. The van der Waals surface area contributed by atoms with Crippen molar-refractivity contribution in [1.29, 1.82) is 0 Å². The molecule has 0 unspecified atom stereocenters. The van der Waals surface area contributed by atoms with Crippen molar-refractivity contribution in [1.82, 2.24) is 14.8 Å². The Balaban J connectivity index is 1.50. The molecule has 1 aliphatic heterocycles. The Hall–Kier alpha value is -1.17. The first-order chi connectivity index (χ1) is 8.85. The molecule has 0 radical (unpaired) electrons. The van der Waals surface area contributed by atoms with Gasteiger partial charge < -0.3 is 5.43 Å². The minimum atomic E-state index is 0.720. The largest absolute Gasteiger partial charge is 0.308 e. The summed E-state index contributed by atoms with van der Waals surface area (Å²) in [5.41, 5.74) is 3.81. The van der Waals surface area contributed by atoms with Crippen molar-refractivity contribution >= 4 is 5.82 Å². The average Bonchev–Trinajstić information content (AvgIpc) is 3.25. The number of nitrogens with zero attached hydrogens (tertiary/aromatic N) is 3. The number of aromatic nitrogens is 1. The summed E-state index contributed by atoms with van der Waals surface area (Å²) < 4.78 is 0. The Bertz CT molecular complexity index is 379. The van der Waals surface area contributed by atoms with E-state index in [0.29, 0.717) is 0 Å². The standard InChI is InChI=1S/C13H21N5/c14-16-13-4-1-11(9-15-13)10-17-5-7-18(8-6-17)12-2-3-12/h1,4,9,12H,2-3,5-8,10,14H2,(H,15,16). The van der Waals surface area contributed by atoms with Crippen LogP contribution in [0.15, 0.2) is 18.3 Å². The number of piperazine rings is 1. The second-order valence-electron chi connectivity index (χ2n) is 5.24. The van der Waals surface area contributed by atoms with E-state index in [0.717, 1.165) is 18.4 Å². The first-order valence-electron chi connectivity index (χ1n) is 6.73. The maximum atomic E-state index is 5.31. The van der Waals surface area contributed by atoms with Gasteiger partial charge in [-0.3, -0.25) is 9.80 Å². The molecule has 1 saturated carbocycles. The second kappa shape index (κ2) is 5.22. The highest BCUT2D eigenvalue weighted by atomic mass is 15.3. The predicted octanol–water partition coefficient (Wildman–Crippen LogP) is 0.647. The Morgan fingerprint density at radius 1 is 1.22 bits per heavy atom. The summed E-state index contributed by atoms with van der Waals surface area (Å²) in [7, 11) is 0. The molecule has 2 heterocycles. The Morgan fingerprint density at radius 2 is 2.00 bits per heavy atom. The first kappa shape index (κ1) is 11.9. The zero-order valence-corrected chi connectivity index (χ0v) is 10.7. The zero-order valence-electron chi connectivity index (χ0n) is 10.7. The third kappa shape index (κ3) is 2.80. The number of anilines is 1. The molecule has 3 N–H and O–H groups in total. The summed E-state index contributed by atoms with van der Waals surface area (Å²) >= 11 is 0. The van der Waals surface area contributed by atoms with Gasteiger partial charge in [0.25, 0.3) is 0 Å². The number of pyridine rings is 1. The van der Waals surface area contributed by atoms with Gasteiger partial charge in [-0.1, -0.05) is 6.07 Å².